The van der Waals surface area contributed by atoms with E-state index in [1.165, 1.54) is 31.2 Å². The molecule has 4 atom stereocenters. The van der Waals surface area contributed by atoms with Crippen LogP contribution in [0, 0.1) is 17.8 Å². The van der Waals surface area contributed by atoms with Crippen molar-refractivity contribution in [2.24, 2.45) is 17.8 Å². The number of aliphatic hydroxyl groups is 1. The molecule has 0 amide bonds. The molecular formula is C18H26O. The highest BCUT2D eigenvalue weighted by Crippen LogP contribution is 2.65. The van der Waals surface area contributed by atoms with Crippen molar-refractivity contribution in [1.82, 2.24) is 0 Å². The normalized spacial score (nSPS) is 36.4. The van der Waals surface area contributed by atoms with E-state index in [9.17, 15) is 5.11 Å². The third kappa shape index (κ3) is 2.03. The molecule has 1 aromatic carbocycles. The van der Waals surface area contributed by atoms with Gasteiger partial charge in [-0.1, -0.05) is 63.4 Å². The lowest BCUT2D eigenvalue weighted by atomic mass is 9.78. The second-order valence-electron chi connectivity index (χ2n) is 6.66. The molecule has 2 aliphatic carbocycles. The van der Waals surface area contributed by atoms with Gasteiger partial charge < -0.3 is 5.11 Å². The lowest BCUT2D eigenvalue weighted by Gasteiger charge is -2.30. The molecule has 1 heteroatoms. The first-order valence-corrected chi connectivity index (χ1v) is 7.96. The summed E-state index contributed by atoms with van der Waals surface area (Å²) in [6.45, 7) is 4.55. The Morgan fingerprint density at radius 3 is 2.26 bits per heavy atom. The van der Waals surface area contributed by atoms with E-state index in [0.717, 1.165) is 6.42 Å². The van der Waals surface area contributed by atoms with Crippen LogP contribution in [0.3, 0.4) is 0 Å². The minimum atomic E-state index is -0.409. The fourth-order valence-corrected chi connectivity index (χ4v) is 4.55. The smallest absolute Gasteiger partial charge is 0.0781 e. The van der Waals surface area contributed by atoms with Crippen LogP contribution >= 0.6 is 0 Å². The molecule has 0 saturated heterocycles. The highest BCUT2D eigenvalue weighted by atomic mass is 16.3. The van der Waals surface area contributed by atoms with Gasteiger partial charge in [-0.3, -0.25) is 0 Å². The Balaban J connectivity index is 1.92. The Labute approximate surface area is 117 Å². The Morgan fingerprint density at radius 1 is 1.16 bits per heavy atom. The molecule has 4 unspecified atom stereocenters. The highest BCUT2D eigenvalue weighted by Gasteiger charge is 2.67. The summed E-state index contributed by atoms with van der Waals surface area (Å²) in [5, 5.41) is 11.3. The molecule has 2 aliphatic rings. The highest BCUT2D eigenvalue weighted by molar-refractivity contribution is 5.31. The molecule has 0 radical (unpaired) electrons. The van der Waals surface area contributed by atoms with Gasteiger partial charge in [0, 0.05) is 5.92 Å². The van der Waals surface area contributed by atoms with Crippen LogP contribution in [-0.4, -0.2) is 10.7 Å². The topological polar surface area (TPSA) is 20.2 Å². The molecule has 1 N–H and O–H groups in total. The van der Waals surface area contributed by atoms with E-state index in [4.69, 9.17) is 0 Å². The lowest BCUT2D eigenvalue weighted by molar-refractivity contribution is 0.0643. The first kappa shape index (κ1) is 13.2. The molecule has 19 heavy (non-hydrogen) atoms. The van der Waals surface area contributed by atoms with Gasteiger partial charge in [-0.05, 0) is 36.2 Å². The van der Waals surface area contributed by atoms with Crippen molar-refractivity contribution in [3.63, 3.8) is 0 Å². The first-order valence-electron chi connectivity index (χ1n) is 7.96. The molecule has 0 aromatic heterocycles. The average molecular weight is 258 g/mol. The van der Waals surface area contributed by atoms with Crippen molar-refractivity contribution in [1.29, 1.82) is 0 Å². The summed E-state index contributed by atoms with van der Waals surface area (Å²) in [5.41, 5.74) is 0.932. The molecular weight excluding hydrogens is 232 g/mol. The fourth-order valence-electron chi connectivity index (χ4n) is 4.55. The number of hydrogen-bond donors (Lipinski definition) is 1. The lowest BCUT2D eigenvalue weighted by Crippen LogP contribution is -2.29. The Hall–Kier alpha value is -0.820. The van der Waals surface area contributed by atoms with E-state index in [2.05, 4.69) is 44.2 Å². The molecule has 0 aliphatic heterocycles. The molecule has 2 fully saturated rings. The number of fused-ring (bicyclic) bond motifs is 1. The molecule has 104 valence electrons. The van der Waals surface area contributed by atoms with Gasteiger partial charge in [0.1, 0.15) is 0 Å². The summed E-state index contributed by atoms with van der Waals surface area (Å²) in [6, 6.07) is 10.7. The van der Waals surface area contributed by atoms with Crippen LogP contribution in [-0.2, 0) is 0 Å². The average Bonchev–Trinajstić information content (AvgIpc) is 3.06. The number of rotatable bonds is 4. The van der Waals surface area contributed by atoms with Crippen LogP contribution in [0.5, 0.6) is 0 Å². The van der Waals surface area contributed by atoms with Crippen molar-refractivity contribution in [3.05, 3.63) is 35.9 Å². The maximum atomic E-state index is 11.3. The SMILES string of the molecule is CCC(C)C(c1ccccc1)C1(O)C2CCCCC21. The van der Waals surface area contributed by atoms with Gasteiger partial charge in [0.25, 0.3) is 0 Å². The zero-order chi connectivity index (χ0) is 13.5. The van der Waals surface area contributed by atoms with Gasteiger partial charge in [-0.25, -0.2) is 0 Å². The van der Waals surface area contributed by atoms with Crippen LogP contribution in [0.4, 0.5) is 0 Å². The fraction of sp³-hybridized carbons (Fsp3) is 0.667. The standard InChI is InChI=1S/C18H26O/c1-3-13(2)17(14-9-5-4-6-10-14)18(19)15-11-7-8-12-16(15)18/h4-6,9-10,13,15-17,19H,3,7-8,11-12H2,1-2H3. The zero-order valence-electron chi connectivity index (χ0n) is 12.2. The van der Waals surface area contributed by atoms with Gasteiger partial charge in [0.05, 0.1) is 5.60 Å². The molecule has 2 saturated carbocycles. The molecule has 1 aromatic rings. The van der Waals surface area contributed by atoms with Crippen LogP contribution < -0.4 is 0 Å². The second-order valence-corrected chi connectivity index (χ2v) is 6.66. The predicted molar refractivity (Wildman–Crippen MR) is 79.0 cm³/mol. The van der Waals surface area contributed by atoms with E-state index >= 15 is 0 Å². The largest absolute Gasteiger partial charge is 0.389 e. The summed E-state index contributed by atoms with van der Waals surface area (Å²) in [6.07, 6.45) is 6.24. The van der Waals surface area contributed by atoms with Gasteiger partial charge in [0.2, 0.25) is 0 Å². The Morgan fingerprint density at radius 2 is 1.74 bits per heavy atom. The minimum Gasteiger partial charge on any atom is -0.389 e. The third-order valence-electron chi connectivity index (χ3n) is 5.71. The monoisotopic (exact) mass is 258 g/mol. The van der Waals surface area contributed by atoms with Crippen LogP contribution in [0.25, 0.3) is 0 Å². The number of hydrogen-bond acceptors (Lipinski definition) is 1. The van der Waals surface area contributed by atoms with E-state index in [1.54, 1.807) is 0 Å². The third-order valence-corrected chi connectivity index (χ3v) is 5.71. The van der Waals surface area contributed by atoms with Crippen molar-refractivity contribution >= 4 is 0 Å². The van der Waals surface area contributed by atoms with Crippen molar-refractivity contribution in [2.45, 2.75) is 57.5 Å². The van der Waals surface area contributed by atoms with E-state index in [0.29, 0.717) is 23.7 Å². The summed E-state index contributed by atoms with van der Waals surface area (Å²) in [5.74, 6) is 2.02. The van der Waals surface area contributed by atoms with Crippen LogP contribution in [0.15, 0.2) is 30.3 Å². The van der Waals surface area contributed by atoms with Crippen molar-refractivity contribution in [3.8, 4) is 0 Å². The van der Waals surface area contributed by atoms with E-state index in [-0.39, 0.29) is 0 Å². The van der Waals surface area contributed by atoms with Crippen LogP contribution in [0.1, 0.15) is 57.4 Å². The van der Waals surface area contributed by atoms with Crippen LogP contribution in [0.2, 0.25) is 0 Å². The zero-order valence-corrected chi connectivity index (χ0v) is 12.2. The molecule has 1 nitrogen and oxygen atoms in total. The van der Waals surface area contributed by atoms with Gasteiger partial charge >= 0.3 is 0 Å². The summed E-state index contributed by atoms with van der Waals surface area (Å²) < 4.78 is 0. The van der Waals surface area contributed by atoms with Crippen molar-refractivity contribution < 1.29 is 5.11 Å². The van der Waals surface area contributed by atoms with Gasteiger partial charge in [-0.2, -0.15) is 0 Å². The summed E-state index contributed by atoms with van der Waals surface area (Å²) in [7, 11) is 0. The summed E-state index contributed by atoms with van der Waals surface area (Å²) in [4.78, 5) is 0. The Kier molecular flexibility index (Phi) is 3.42. The van der Waals surface area contributed by atoms with Gasteiger partial charge in [0.15, 0.2) is 0 Å². The molecule has 3 rings (SSSR count). The van der Waals surface area contributed by atoms with Crippen molar-refractivity contribution in [2.75, 3.05) is 0 Å². The maximum Gasteiger partial charge on any atom is 0.0781 e. The minimum absolute atomic E-state index is 0.326. The molecule has 0 spiro atoms. The van der Waals surface area contributed by atoms with E-state index in [1.807, 2.05) is 0 Å². The molecule has 0 bridgehead atoms. The maximum absolute atomic E-state index is 11.3. The molecule has 0 heterocycles. The van der Waals surface area contributed by atoms with Gasteiger partial charge in [-0.15, -0.1) is 0 Å². The predicted octanol–water partition coefficient (Wildman–Crippen LogP) is 4.37. The quantitative estimate of drug-likeness (QED) is 0.850. The number of benzene rings is 1. The van der Waals surface area contributed by atoms with E-state index < -0.39 is 5.60 Å². The second kappa shape index (κ2) is 4.94. The Bertz CT molecular complexity index is 413. The first-order chi connectivity index (χ1) is 9.19. The summed E-state index contributed by atoms with van der Waals surface area (Å²) >= 11 is 0.